The maximum atomic E-state index is 13.0. The van der Waals surface area contributed by atoms with Gasteiger partial charge < -0.3 is 15.1 Å². The van der Waals surface area contributed by atoms with Crippen molar-refractivity contribution in [2.75, 3.05) is 6.54 Å². The van der Waals surface area contributed by atoms with Crippen LogP contribution in [0.2, 0.25) is 0 Å². The lowest BCUT2D eigenvalue weighted by Gasteiger charge is -2.31. The fraction of sp³-hybridized carbons (Fsp3) is 0.130. The monoisotopic (exact) mass is 429 g/mol. The molecule has 5 rings (SSSR count). The Morgan fingerprint density at radius 1 is 1.06 bits per heavy atom. The van der Waals surface area contributed by atoms with Crippen LogP contribution in [0.5, 0.6) is 5.75 Å². The van der Waals surface area contributed by atoms with E-state index in [2.05, 4.69) is 15.6 Å². The summed E-state index contributed by atoms with van der Waals surface area (Å²) in [5.74, 6) is 4.80. The fourth-order valence-electron chi connectivity index (χ4n) is 4.18. The normalized spacial score (nSPS) is 19.5. The number of nitrogens with zero attached hydrogens (tertiary/aromatic N) is 2. The molecule has 1 aromatic heterocycles. The van der Waals surface area contributed by atoms with Gasteiger partial charge in [-0.2, -0.15) is 5.90 Å². The van der Waals surface area contributed by atoms with Gasteiger partial charge >= 0.3 is 6.03 Å². The number of nitrogens with two attached hydrogens (primary N) is 1. The molecule has 32 heavy (non-hydrogen) atoms. The summed E-state index contributed by atoms with van der Waals surface area (Å²) in [4.78, 5) is 48.7. The van der Waals surface area contributed by atoms with Crippen molar-refractivity contribution in [1.82, 2.24) is 20.5 Å². The number of aromatic nitrogens is 1. The summed E-state index contributed by atoms with van der Waals surface area (Å²) in [6.07, 6.45) is 1.70. The van der Waals surface area contributed by atoms with E-state index in [1.807, 2.05) is 30.3 Å². The molecule has 0 spiro atoms. The number of hydrogen-bond donors (Lipinski definition) is 3. The molecule has 9 nitrogen and oxygen atoms in total. The second-order valence-corrected chi connectivity index (χ2v) is 7.70. The summed E-state index contributed by atoms with van der Waals surface area (Å²) in [5.41, 5.74) is 2.06. The Morgan fingerprint density at radius 3 is 2.53 bits per heavy atom. The number of imide groups is 1. The van der Waals surface area contributed by atoms with Crippen molar-refractivity contribution in [3.05, 3.63) is 83.6 Å². The van der Waals surface area contributed by atoms with Crippen LogP contribution >= 0.6 is 0 Å². The minimum absolute atomic E-state index is 0.0279. The Hall–Kier alpha value is -4.24. The zero-order chi connectivity index (χ0) is 22.3. The highest BCUT2D eigenvalue weighted by Gasteiger charge is 2.50. The highest BCUT2D eigenvalue weighted by atomic mass is 16.6. The molecule has 160 valence electrons. The van der Waals surface area contributed by atoms with E-state index in [1.165, 1.54) is 4.90 Å². The van der Waals surface area contributed by atoms with Gasteiger partial charge in [0.1, 0.15) is 5.75 Å². The van der Waals surface area contributed by atoms with E-state index in [0.29, 0.717) is 23.4 Å². The molecule has 3 heterocycles. The van der Waals surface area contributed by atoms with Gasteiger partial charge in [-0.3, -0.25) is 19.9 Å². The van der Waals surface area contributed by atoms with Crippen LogP contribution in [0.25, 0.3) is 11.3 Å². The number of fused-ring (bicyclic) bond motifs is 1. The Labute approximate surface area is 183 Å². The van der Waals surface area contributed by atoms with Crippen molar-refractivity contribution in [3.63, 3.8) is 0 Å². The molecule has 9 heteroatoms. The fourth-order valence-corrected chi connectivity index (χ4v) is 4.18. The molecule has 4 N–H and O–H groups in total. The van der Waals surface area contributed by atoms with Crippen molar-refractivity contribution in [2.45, 2.75) is 12.1 Å². The molecular weight excluding hydrogens is 410 g/mol. The van der Waals surface area contributed by atoms with Crippen LogP contribution < -0.4 is 21.4 Å². The van der Waals surface area contributed by atoms with E-state index in [1.54, 1.807) is 36.5 Å². The first-order valence-electron chi connectivity index (χ1n) is 9.95. The summed E-state index contributed by atoms with van der Waals surface area (Å²) in [6, 6.07) is 17.2. The van der Waals surface area contributed by atoms with Crippen molar-refractivity contribution in [3.8, 4) is 17.0 Å². The Morgan fingerprint density at radius 2 is 1.88 bits per heavy atom. The van der Waals surface area contributed by atoms with Crippen LogP contribution in [0.4, 0.5) is 4.79 Å². The summed E-state index contributed by atoms with van der Waals surface area (Å²) in [6.45, 7) is 0.274. The van der Waals surface area contributed by atoms with Gasteiger partial charge in [0, 0.05) is 23.9 Å². The first-order chi connectivity index (χ1) is 15.5. The zero-order valence-electron chi connectivity index (χ0n) is 16.9. The molecular formula is C23H19N5O4. The predicted molar refractivity (Wildman–Crippen MR) is 114 cm³/mol. The summed E-state index contributed by atoms with van der Waals surface area (Å²) >= 11 is 0. The average Bonchev–Trinajstić information content (AvgIpc) is 3.29. The molecule has 0 bridgehead atoms. The lowest BCUT2D eigenvalue weighted by Crippen LogP contribution is -2.52. The van der Waals surface area contributed by atoms with Gasteiger partial charge in [-0.05, 0) is 35.4 Å². The van der Waals surface area contributed by atoms with E-state index in [0.717, 1.165) is 16.8 Å². The highest BCUT2D eigenvalue weighted by molar-refractivity contribution is 6.08. The maximum Gasteiger partial charge on any atom is 0.322 e. The lowest BCUT2D eigenvalue weighted by atomic mass is 9.88. The third-order valence-corrected chi connectivity index (χ3v) is 5.80. The van der Waals surface area contributed by atoms with E-state index < -0.39 is 17.5 Å². The van der Waals surface area contributed by atoms with E-state index in [-0.39, 0.29) is 12.5 Å². The minimum atomic E-state index is -1.41. The van der Waals surface area contributed by atoms with Crippen LogP contribution in [-0.2, 0) is 16.9 Å². The van der Waals surface area contributed by atoms with Crippen molar-refractivity contribution >= 4 is 17.8 Å². The number of urea groups is 1. The number of hydrogen-bond acceptors (Lipinski definition) is 6. The molecule has 2 aliphatic heterocycles. The Balaban J connectivity index is 1.48. The number of carbonyl (C=O) groups excluding carboxylic acids is 3. The van der Waals surface area contributed by atoms with Gasteiger partial charge in [0.2, 0.25) is 0 Å². The molecule has 4 amide bonds. The number of amides is 4. The second-order valence-electron chi connectivity index (χ2n) is 7.70. The van der Waals surface area contributed by atoms with Gasteiger partial charge in [-0.15, -0.1) is 0 Å². The van der Waals surface area contributed by atoms with Crippen LogP contribution in [0, 0.1) is 0 Å². The summed E-state index contributed by atoms with van der Waals surface area (Å²) < 4.78 is 0. The van der Waals surface area contributed by atoms with Gasteiger partial charge in [0.05, 0.1) is 12.2 Å². The van der Waals surface area contributed by atoms with Gasteiger partial charge in [-0.1, -0.05) is 36.4 Å². The van der Waals surface area contributed by atoms with Gasteiger partial charge in [0.25, 0.3) is 11.8 Å². The maximum absolute atomic E-state index is 13.0. The topological polar surface area (TPSA) is 127 Å². The largest absolute Gasteiger partial charge is 0.412 e. The SMILES string of the molecule is NOc1ccc2c(c1)C(=O)N(C[C@@]1(c3ccc(-c4ccccn4)cc3)NC(=O)NC1=O)C2. The zero-order valence-corrected chi connectivity index (χ0v) is 16.9. The average molecular weight is 429 g/mol. The quantitative estimate of drug-likeness (QED) is 0.419. The first kappa shape index (κ1) is 19.7. The third kappa shape index (κ3) is 3.15. The number of rotatable bonds is 5. The summed E-state index contributed by atoms with van der Waals surface area (Å²) in [5, 5.41) is 5.04. The van der Waals surface area contributed by atoms with Gasteiger partial charge in [0.15, 0.2) is 5.54 Å². The molecule has 0 radical (unpaired) electrons. The molecule has 2 aliphatic rings. The number of carbonyl (C=O) groups is 3. The number of pyridine rings is 1. The predicted octanol–water partition coefficient (Wildman–Crippen LogP) is 1.69. The molecule has 1 atom stereocenters. The Kier molecular flexibility index (Phi) is 4.60. The minimum Gasteiger partial charge on any atom is -0.412 e. The van der Waals surface area contributed by atoms with E-state index in [9.17, 15) is 14.4 Å². The first-order valence-corrected chi connectivity index (χ1v) is 9.95. The lowest BCUT2D eigenvalue weighted by molar-refractivity contribution is -0.124. The third-order valence-electron chi connectivity index (χ3n) is 5.80. The van der Waals surface area contributed by atoms with Crippen LogP contribution in [0.1, 0.15) is 21.5 Å². The number of nitrogens with one attached hydrogen (secondary N) is 2. The highest BCUT2D eigenvalue weighted by Crippen LogP contribution is 2.33. The van der Waals surface area contributed by atoms with Crippen LogP contribution in [0.3, 0.4) is 0 Å². The molecule has 1 saturated heterocycles. The summed E-state index contributed by atoms with van der Waals surface area (Å²) in [7, 11) is 0. The van der Waals surface area contributed by atoms with Crippen LogP contribution in [0.15, 0.2) is 66.9 Å². The smallest absolute Gasteiger partial charge is 0.322 e. The van der Waals surface area contributed by atoms with Crippen molar-refractivity contribution in [2.24, 2.45) is 5.90 Å². The molecule has 1 fully saturated rings. The number of benzene rings is 2. The molecule has 0 aliphatic carbocycles. The van der Waals surface area contributed by atoms with Crippen molar-refractivity contribution < 1.29 is 19.2 Å². The molecule has 2 aromatic carbocycles. The standard InChI is InChI=1S/C23H19N5O4/c24-32-17-9-6-15-12-28(20(29)18(15)11-17)13-23(21(30)26-22(31)27-23)16-7-4-14(5-8-16)19-3-1-2-10-25-19/h1-11H,12-13,24H2,(H2,26,27,30,31)/t23-/m0/s1. The molecule has 0 unspecified atom stereocenters. The van der Waals surface area contributed by atoms with Gasteiger partial charge in [-0.25, -0.2) is 4.79 Å². The molecule has 3 aromatic rings. The van der Waals surface area contributed by atoms with E-state index in [4.69, 9.17) is 10.7 Å². The molecule has 0 saturated carbocycles. The van der Waals surface area contributed by atoms with Crippen molar-refractivity contribution in [1.29, 1.82) is 0 Å². The Bertz CT molecular complexity index is 1230. The second kappa shape index (κ2) is 7.47. The van der Waals surface area contributed by atoms with E-state index >= 15 is 0 Å². The van der Waals surface area contributed by atoms with Crippen LogP contribution in [-0.4, -0.2) is 34.3 Å².